The van der Waals surface area contributed by atoms with Gasteiger partial charge in [0, 0.05) is 15.5 Å². The molecule has 1 amide bonds. The number of anilines is 1. The van der Waals surface area contributed by atoms with Gasteiger partial charge in [-0.2, -0.15) is 5.26 Å². The standard InChI is InChI=1S/C20H15N3O3S/c1-13-18(12-22-26-13)19(24)17(11-21)20(25)23-14-6-5-9-16(10-14)27-15-7-3-2-4-8-15/h2-10,12,24H,1H3,(H,23,25)/b19-17-. The number of amides is 1. The first kappa shape index (κ1) is 18.3. The molecule has 134 valence electrons. The average Bonchev–Trinajstić information content (AvgIpc) is 3.09. The Balaban J connectivity index is 1.80. The maximum absolute atomic E-state index is 12.5. The van der Waals surface area contributed by atoms with Gasteiger partial charge in [0.1, 0.15) is 11.8 Å². The zero-order chi connectivity index (χ0) is 19.2. The van der Waals surface area contributed by atoms with Crippen LogP contribution in [0.5, 0.6) is 0 Å². The van der Waals surface area contributed by atoms with E-state index in [0.717, 1.165) is 9.79 Å². The summed E-state index contributed by atoms with van der Waals surface area (Å²) in [6, 6.07) is 18.8. The van der Waals surface area contributed by atoms with E-state index in [0.29, 0.717) is 11.4 Å². The summed E-state index contributed by atoms with van der Waals surface area (Å²) in [4.78, 5) is 14.5. The highest BCUT2D eigenvalue weighted by Crippen LogP contribution is 2.29. The van der Waals surface area contributed by atoms with E-state index >= 15 is 0 Å². The Bertz CT molecular complexity index is 1040. The van der Waals surface area contributed by atoms with Gasteiger partial charge in [0.2, 0.25) is 0 Å². The summed E-state index contributed by atoms with van der Waals surface area (Å²) in [5.74, 6) is -0.865. The first-order chi connectivity index (χ1) is 13.1. The third-order valence-electron chi connectivity index (χ3n) is 3.65. The van der Waals surface area contributed by atoms with Crippen LogP contribution in [0.4, 0.5) is 5.69 Å². The van der Waals surface area contributed by atoms with Crippen molar-refractivity contribution in [2.24, 2.45) is 0 Å². The number of carbonyl (C=O) groups excluding carboxylic acids is 1. The molecule has 7 heteroatoms. The van der Waals surface area contributed by atoms with Crippen molar-refractivity contribution in [3.05, 3.63) is 77.7 Å². The van der Waals surface area contributed by atoms with E-state index in [1.165, 1.54) is 6.20 Å². The van der Waals surface area contributed by atoms with Crippen molar-refractivity contribution in [1.82, 2.24) is 5.16 Å². The fraction of sp³-hybridized carbons (Fsp3) is 0.0500. The normalized spacial score (nSPS) is 11.4. The van der Waals surface area contributed by atoms with Crippen LogP contribution < -0.4 is 5.32 Å². The number of hydrogen-bond donors (Lipinski definition) is 2. The number of benzene rings is 2. The van der Waals surface area contributed by atoms with Crippen LogP contribution in [0.25, 0.3) is 5.76 Å². The molecule has 2 aromatic carbocycles. The lowest BCUT2D eigenvalue weighted by molar-refractivity contribution is -0.112. The molecule has 0 saturated heterocycles. The van der Waals surface area contributed by atoms with Gasteiger partial charge in [-0.25, -0.2) is 0 Å². The number of nitriles is 1. The van der Waals surface area contributed by atoms with Crippen LogP contribution >= 0.6 is 11.8 Å². The molecular formula is C20H15N3O3S. The molecule has 1 heterocycles. The fourth-order valence-corrected chi connectivity index (χ4v) is 3.23. The van der Waals surface area contributed by atoms with Crippen molar-refractivity contribution in [2.45, 2.75) is 16.7 Å². The minimum atomic E-state index is -0.711. The Morgan fingerprint density at radius 1 is 1.19 bits per heavy atom. The molecule has 0 aliphatic heterocycles. The van der Waals surface area contributed by atoms with Crippen molar-refractivity contribution in [2.75, 3.05) is 5.32 Å². The Morgan fingerprint density at radius 2 is 1.93 bits per heavy atom. The van der Waals surface area contributed by atoms with Gasteiger partial charge in [-0.15, -0.1) is 0 Å². The number of hydrogen-bond acceptors (Lipinski definition) is 6. The van der Waals surface area contributed by atoms with Crippen LogP contribution in [0.15, 0.2) is 80.7 Å². The van der Waals surface area contributed by atoms with E-state index in [2.05, 4.69) is 10.5 Å². The second-order valence-corrected chi connectivity index (χ2v) is 6.68. The molecule has 1 aromatic heterocycles. The predicted molar refractivity (Wildman–Crippen MR) is 102 cm³/mol. The monoisotopic (exact) mass is 377 g/mol. The van der Waals surface area contributed by atoms with Crippen molar-refractivity contribution < 1.29 is 14.4 Å². The Kier molecular flexibility index (Phi) is 5.59. The molecule has 0 atom stereocenters. The second-order valence-electron chi connectivity index (χ2n) is 5.53. The summed E-state index contributed by atoms with van der Waals surface area (Å²) in [6.45, 7) is 1.58. The number of carbonyl (C=O) groups is 1. The molecule has 0 fully saturated rings. The third kappa shape index (κ3) is 4.37. The number of nitrogens with zero attached hydrogens (tertiary/aromatic N) is 2. The van der Waals surface area contributed by atoms with E-state index in [1.807, 2.05) is 36.4 Å². The van der Waals surface area contributed by atoms with Crippen molar-refractivity contribution in [3.63, 3.8) is 0 Å². The van der Waals surface area contributed by atoms with Crippen molar-refractivity contribution in [3.8, 4) is 6.07 Å². The quantitative estimate of drug-likeness (QED) is 0.384. The largest absolute Gasteiger partial charge is 0.506 e. The number of rotatable bonds is 5. The van der Waals surface area contributed by atoms with E-state index in [9.17, 15) is 15.2 Å². The number of aliphatic hydroxyl groups is 1. The lowest BCUT2D eigenvalue weighted by Crippen LogP contribution is -2.15. The van der Waals surface area contributed by atoms with Crippen molar-refractivity contribution >= 4 is 29.1 Å². The van der Waals surface area contributed by atoms with Gasteiger partial charge in [-0.1, -0.05) is 41.2 Å². The summed E-state index contributed by atoms with van der Waals surface area (Å²) in [6.07, 6.45) is 1.26. The molecule has 0 unspecified atom stereocenters. The SMILES string of the molecule is Cc1oncc1/C(O)=C(\C#N)C(=O)Nc1cccc(Sc2ccccc2)c1. The van der Waals surface area contributed by atoms with E-state index < -0.39 is 17.2 Å². The maximum atomic E-state index is 12.5. The molecule has 0 saturated carbocycles. The van der Waals surface area contributed by atoms with Crippen molar-refractivity contribution in [1.29, 1.82) is 5.26 Å². The molecule has 0 aliphatic rings. The van der Waals surface area contributed by atoms with Gasteiger partial charge in [0.15, 0.2) is 11.3 Å². The molecule has 2 N–H and O–H groups in total. The molecule has 0 spiro atoms. The summed E-state index contributed by atoms with van der Waals surface area (Å²) >= 11 is 1.55. The number of aryl methyl sites for hydroxylation is 1. The highest BCUT2D eigenvalue weighted by atomic mass is 32.2. The van der Waals surface area contributed by atoms with Crippen LogP contribution in [0.2, 0.25) is 0 Å². The molecule has 6 nitrogen and oxygen atoms in total. The lowest BCUT2D eigenvalue weighted by atomic mass is 10.1. The van der Waals surface area contributed by atoms with Gasteiger partial charge in [-0.05, 0) is 37.3 Å². The van der Waals surface area contributed by atoms with Crippen LogP contribution in [0.1, 0.15) is 11.3 Å². The van der Waals surface area contributed by atoms with Gasteiger partial charge >= 0.3 is 0 Å². The molecule has 3 aromatic rings. The number of aliphatic hydroxyl groups excluding tert-OH is 1. The zero-order valence-electron chi connectivity index (χ0n) is 14.3. The maximum Gasteiger partial charge on any atom is 0.270 e. The van der Waals surface area contributed by atoms with Crippen LogP contribution in [-0.4, -0.2) is 16.2 Å². The topological polar surface area (TPSA) is 99.2 Å². The summed E-state index contributed by atoms with van der Waals surface area (Å²) in [7, 11) is 0. The molecular weight excluding hydrogens is 362 g/mol. The highest BCUT2D eigenvalue weighted by Gasteiger charge is 2.20. The average molecular weight is 377 g/mol. The Hall–Kier alpha value is -3.50. The fourth-order valence-electron chi connectivity index (χ4n) is 2.33. The van der Waals surface area contributed by atoms with Gasteiger partial charge in [0.05, 0.1) is 11.8 Å². The van der Waals surface area contributed by atoms with E-state index in [-0.39, 0.29) is 5.56 Å². The van der Waals surface area contributed by atoms with Crippen LogP contribution in [0.3, 0.4) is 0 Å². The predicted octanol–water partition coefficient (Wildman–Crippen LogP) is 4.57. The third-order valence-corrected chi connectivity index (χ3v) is 4.65. The smallest absolute Gasteiger partial charge is 0.270 e. The van der Waals surface area contributed by atoms with Gasteiger partial charge in [0.25, 0.3) is 5.91 Å². The van der Waals surface area contributed by atoms with E-state index in [1.54, 1.807) is 43.0 Å². The first-order valence-electron chi connectivity index (χ1n) is 7.98. The summed E-state index contributed by atoms with van der Waals surface area (Å²) in [5, 5.41) is 25.7. The second kappa shape index (κ2) is 8.25. The minimum absolute atomic E-state index is 0.204. The molecule has 3 rings (SSSR count). The zero-order valence-corrected chi connectivity index (χ0v) is 15.2. The lowest BCUT2D eigenvalue weighted by Gasteiger charge is -2.08. The molecule has 27 heavy (non-hydrogen) atoms. The van der Waals surface area contributed by atoms with Gasteiger partial charge < -0.3 is 14.9 Å². The minimum Gasteiger partial charge on any atom is -0.506 e. The number of aromatic nitrogens is 1. The van der Waals surface area contributed by atoms with Crippen LogP contribution in [-0.2, 0) is 4.79 Å². The Labute approximate surface area is 160 Å². The molecule has 0 bridgehead atoms. The van der Waals surface area contributed by atoms with Crippen LogP contribution in [0, 0.1) is 18.3 Å². The summed E-state index contributed by atoms with van der Waals surface area (Å²) in [5.41, 5.74) is 0.307. The molecule has 0 aliphatic carbocycles. The molecule has 0 radical (unpaired) electrons. The first-order valence-corrected chi connectivity index (χ1v) is 8.79. The number of nitrogens with one attached hydrogen (secondary N) is 1. The highest BCUT2D eigenvalue weighted by molar-refractivity contribution is 7.99. The van der Waals surface area contributed by atoms with E-state index in [4.69, 9.17) is 4.52 Å². The van der Waals surface area contributed by atoms with Gasteiger partial charge in [-0.3, -0.25) is 4.79 Å². The summed E-state index contributed by atoms with van der Waals surface area (Å²) < 4.78 is 4.86. The Morgan fingerprint density at radius 3 is 2.59 bits per heavy atom.